The fourth-order valence-corrected chi connectivity index (χ4v) is 2.83. The highest BCUT2D eigenvalue weighted by molar-refractivity contribution is 6.32. The summed E-state index contributed by atoms with van der Waals surface area (Å²) in [5.74, 6) is 0.528. The minimum absolute atomic E-state index is 0.0399. The first kappa shape index (κ1) is 13.0. The molecular formula is C16H14ClNO2. The number of ether oxygens (including phenoxy) is 1. The lowest BCUT2D eigenvalue weighted by molar-refractivity contribution is -0.117. The molecule has 0 saturated carbocycles. The number of nitrogens with one attached hydrogen (secondary N) is 1. The molecule has 0 spiro atoms. The van der Waals surface area contributed by atoms with Gasteiger partial charge in [-0.3, -0.25) is 4.79 Å². The standard InChI is InChI=1S/C16H14ClNO2/c1-20-15-7-6-10(9-13(15)17)8-12-11-4-2-3-5-14(11)18-16(12)19/h2-7,9,12H,8H2,1H3,(H,18,19)/t12-/m1/s1. The van der Waals surface area contributed by atoms with Crippen LogP contribution in [0.25, 0.3) is 0 Å². The van der Waals surface area contributed by atoms with E-state index in [1.807, 2.05) is 42.5 Å². The van der Waals surface area contributed by atoms with E-state index >= 15 is 0 Å². The molecule has 0 bridgehead atoms. The molecule has 102 valence electrons. The van der Waals surface area contributed by atoms with Gasteiger partial charge in [0.1, 0.15) is 5.75 Å². The predicted molar refractivity (Wildman–Crippen MR) is 79.5 cm³/mol. The molecular weight excluding hydrogens is 274 g/mol. The number of fused-ring (bicyclic) bond motifs is 1. The van der Waals surface area contributed by atoms with Gasteiger partial charge >= 0.3 is 0 Å². The zero-order valence-corrected chi connectivity index (χ0v) is 11.8. The largest absolute Gasteiger partial charge is 0.495 e. The van der Waals surface area contributed by atoms with Crippen molar-refractivity contribution < 1.29 is 9.53 Å². The fraction of sp³-hybridized carbons (Fsp3) is 0.188. The fourth-order valence-electron chi connectivity index (χ4n) is 2.55. The van der Waals surface area contributed by atoms with E-state index < -0.39 is 0 Å². The lowest BCUT2D eigenvalue weighted by Crippen LogP contribution is -2.14. The van der Waals surface area contributed by atoms with E-state index in [4.69, 9.17) is 16.3 Å². The number of methoxy groups -OCH3 is 1. The Labute approximate surface area is 122 Å². The molecule has 1 N–H and O–H groups in total. The van der Waals surface area contributed by atoms with Crippen molar-refractivity contribution in [3.63, 3.8) is 0 Å². The summed E-state index contributed by atoms with van der Waals surface area (Å²) in [6, 6.07) is 13.4. The lowest BCUT2D eigenvalue weighted by Gasteiger charge is -2.10. The molecule has 3 nitrogen and oxygen atoms in total. The van der Waals surface area contributed by atoms with Gasteiger partial charge in [-0.2, -0.15) is 0 Å². The molecule has 1 amide bonds. The van der Waals surface area contributed by atoms with E-state index in [0.717, 1.165) is 16.8 Å². The molecule has 1 atom stereocenters. The first-order valence-corrected chi connectivity index (χ1v) is 6.79. The van der Waals surface area contributed by atoms with Gasteiger partial charge in [-0.15, -0.1) is 0 Å². The van der Waals surface area contributed by atoms with Gasteiger partial charge in [-0.25, -0.2) is 0 Å². The molecule has 2 aromatic rings. The number of benzene rings is 2. The Balaban J connectivity index is 1.88. The zero-order valence-electron chi connectivity index (χ0n) is 11.0. The third-order valence-electron chi connectivity index (χ3n) is 3.57. The van der Waals surface area contributed by atoms with Gasteiger partial charge in [0.05, 0.1) is 18.1 Å². The normalized spacial score (nSPS) is 16.7. The number of amides is 1. The maximum Gasteiger partial charge on any atom is 0.232 e. The van der Waals surface area contributed by atoms with Crippen molar-refractivity contribution in [3.05, 3.63) is 58.6 Å². The molecule has 0 aromatic heterocycles. The Morgan fingerprint density at radius 1 is 1.25 bits per heavy atom. The van der Waals surface area contributed by atoms with E-state index in [9.17, 15) is 4.79 Å². The average Bonchev–Trinajstić information content (AvgIpc) is 2.76. The maximum absolute atomic E-state index is 12.1. The smallest absolute Gasteiger partial charge is 0.232 e. The minimum atomic E-state index is -0.157. The van der Waals surface area contributed by atoms with Crippen LogP contribution < -0.4 is 10.1 Å². The van der Waals surface area contributed by atoms with E-state index in [1.165, 1.54) is 0 Å². The van der Waals surface area contributed by atoms with Gasteiger partial charge in [0.25, 0.3) is 0 Å². The summed E-state index contributed by atoms with van der Waals surface area (Å²) in [6.45, 7) is 0. The van der Waals surface area contributed by atoms with Crippen molar-refractivity contribution in [1.82, 2.24) is 0 Å². The van der Waals surface area contributed by atoms with Crippen LogP contribution >= 0.6 is 11.6 Å². The second-order valence-electron chi connectivity index (χ2n) is 4.80. The van der Waals surface area contributed by atoms with Crippen LogP contribution in [0.1, 0.15) is 17.0 Å². The Morgan fingerprint density at radius 2 is 2.05 bits per heavy atom. The number of halogens is 1. The van der Waals surface area contributed by atoms with Crippen molar-refractivity contribution >= 4 is 23.2 Å². The molecule has 0 fully saturated rings. The van der Waals surface area contributed by atoms with Crippen LogP contribution in [0, 0.1) is 0 Å². The van der Waals surface area contributed by atoms with E-state index in [1.54, 1.807) is 7.11 Å². The molecule has 0 saturated heterocycles. The SMILES string of the molecule is COc1ccc(C[C@H]2C(=O)Nc3ccccc32)cc1Cl. The van der Waals surface area contributed by atoms with Gasteiger partial charge in [-0.05, 0) is 35.7 Å². The summed E-state index contributed by atoms with van der Waals surface area (Å²) >= 11 is 6.13. The monoisotopic (exact) mass is 287 g/mol. The van der Waals surface area contributed by atoms with Gasteiger partial charge in [0.15, 0.2) is 0 Å². The topological polar surface area (TPSA) is 38.3 Å². The van der Waals surface area contributed by atoms with Crippen LogP contribution in [-0.4, -0.2) is 13.0 Å². The molecule has 4 heteroatoms. The first-order chi connectivity index (χ1) is 9.69. The number of hydrogen-bond donors (Lipinski definition) is 1. The molecule has 1 aliphatic rings. The number of carbonyl (C=O) groups is 1. The first-order valence-electron chi connectivity index (χ1n) is 6.41. The number of hydrogen-bond acceptors (Lipinski definition) is 2. The summed E-state index contributed by atoms with van der Waals surface area (Å²) in [4.78, 5) is 12.1. The Morgan fingerprint density at radius 3 is 2.80 bits per heavy atom. The molecule has 0 radical (unpaired) electrons. The van der Waals surface area contributed by atoms with Gasteiger partial charge < -0.3 is 10.1 Å². The summed E-state index contributed by atoms with van der Waals surface area (Å²) in [6.07, 6.45) is 0.632. The van der Waals surface area contributed by atoms with E-state index in [-0.39, 0.29) is 11.8 Å². The van der Waals surface area contributed by atoms with Crippen molar-refractivity contribution in [3.8, 4) is 5.75 Å². The number of carbonyl (C=O) groups excluding carboxylic acids is 1. The van der Waals surface area contributed by atoms with Crippen molar-refractivity contribution in [2.75, 3.05) is 12.4 Å². The van der Waals surface area contributed by atoms with Crippen molar-refractivity contribution in [2.24, 2.45) is 0 Å². The van der Waals surface area contributed by atoms with Crippen LogP contribution in [0.3, 0.4) is 0 Å². The average molecular weight is 288 g/mol. The van der Waals surface area contributed by atoms with Crippen LogP contribution in [0.5, 0.6) is 5.75 Å². The molecule has 0 unspecified atom stereocenters. The lowest BCUT2D eigenvalue weighted by atomic mass is 9.93. The molecule has 20 heavy (non-hydrogen) atoms. The highest BCUT2D eigenvalue weighted by atomic mass is 35.5. The maximum atomic E-state index is 12.1. The Bertz CT molecular complexity index is 669. The molecule has 0 aliphatic carbocycles. The summed E-state index contributed by atoms with van der Waals surface area (Å²) in [5.41, 5.74) is 2.97. The molecule has 3 rings (SSSR count). The van der Waals surface area contributed by atoms with E-state index in [0.29, 0.717) is 17.2 Å². The zero-order chi connectivity index (χ0) is 14.1. The van der Waals surface area contributed by atoms with Gasteiger partial charge in [0.2, 0.25) is 5.91 Å². The Kier molecular flexibility index (Phi) is 3.36. The van der Waals surface area contributed by atoms with Crippen LogP contribution in [0.4, 0.5) is 5.69 Å². The summed E-state index contributed by atoms with van der Waals surface area (Å²) in [5, 5.41) is 3.47. The molecule has 1 aliphatic heterocycles. The van der Waals surface area contributed by atoms with Crippen LogP contribution in [0.15, 0.2) is 42.5 Å². The van der Waals surface area contributed by atoms with Crippen molar-refractivity contribution in [1.29, 1.82) is 0 Å². The van der Waals surface area contributed by atoms with Gasteiger partial charge in [0, 0.05) is 5.69 Å². The second-order valence-corrected chi connectivity index (χ2v) is 5.21. The third-order valence-corrected chi connectivity index (χ3v) is 3.86. The molecule has 2 aromatic carbocycles. The Hall–Kier alpha value is -2.00. The number of para-hydroxylation sites is 1. The predicted octanol–water partition coefficient (Wildman–Crippen LogP) is 3.63. The van der Waals surface area contributed by atoms with Gasteiger partial charge in [-0.1, -0.05) is 35.9 Å². The van der Waals surface area contributed by atoms with Crippen LogP contribution in [-0.2, 0) is 11.2 Å². The second kappa shape index (κ2) is 5.17. The minimum Gasteiger partial charge on any atom is -0.495 e. The molecule has 1 heterocycles. The van der Waals surface area contributed by atoms with Crippen molar-refractivity contribution in [2.45, 2.75) is 12.3 Å². The number of anilines is 1. The van der Waals surface area contributed by atoms with E-state index in [2.05, 4.69) is 5.32 Å². The third kappa shape index (κ3) is 2.25. The summed E-state index contributed by atoms with van der Waals surface area (Å²) < 4.78 is 5.14. The highest BCUT2D eigenvalue weighted by Gasteiger charge is 2.30. The quantitative estimate of drug-likeness (QED) is 0.936. The van der Waals surface area contributed by atoms with Crippen LogP contribution in [0.2, 0.25) is 5.02 Å². The summed E-state index contributed by atoms with van der Waals surface area (Å²) in [7, 11) is 1.58. The highest BCUT2D eigenvalue weighted by Crippen LogP contribution is 2.35. The number of rotatable bonds is 3.